The molecule has 1 aliphatic rings. The fraction of sp³-hybridized carbons (Fsp3) is 0.583. The molecule has 1 saturated heterocycles. The van der Waals surface area contributed by atoms with Crippen molar-refractivity contribution in [1.29, 1.82) is 0 Å². The van der Waals surface area contributed by atoms with Crippen LogP contribution in [0.25, 0.3) is 0 Å². The third-order valence-electron chi connectivity index (χ3n) is 3.13. The number of carbonyl (C=O) groups excluding carboxylic acids is 2. The van der Waals surface area contributed by atoms with Crippen LogP contribution in [-0.2, 0) is 14.3 Å². The van der Waals surface area contributed by atoms with Crippen LogP contribution in [0.3, 0.4) is 0 Å². The quantitative estimate of drug-likeness (QED) is 0.871. The van der Waals surface area contributed by atoms with Gasteiger partial charge in [0.15, 0.2) is 0 Å². The molecule has 6 nitrogen and oxygen atoms in total. The van der Waals surface area contributed by atoms with Crippen LogP contribution in [-0.4, -0.2) is 48.5 Å². The maximum atomic E-state index is 12.1. The largest absolute Gasteiger partial charge is 0.383 e. The summed E-state index contributed by atoms with van der Waals surface area (Å²) in [4.78, 5) is 29.6. The molecule has 1 aromatic heterocycles. The van der Waals surface area contributed by atoms with Crippen molar-refractivity contribution in [3.8, 4) is 0 Å². The summed E-state index contributed by atoms with van der Waals surface area (Å²) < 4.78 is 4.95. The third kappa shape index (κ3) is 3.30. The van der Waals surface area contributed by atoms with E-state index in [0.717, 1.165) is 10.7 Å². The van der Waals surface area contributed by atoms with E-state index in [4.69, 9.17) is 4.74 Å². The SMILES string of the molecule is COCCN1CC(C(=O)Nc2scnc2C)CC1=O. The van der Waals surface area contributed by atoms with Gasteiger partial charge in [0.05, 0.1) is 23.7 Å². The number of likely N-dealkylation sites (tertiary alicyclic amines) is 1. The number of methoxy groups -OCH3 is 1. The number of hydrogen-bond donors (Lipinski definition) is 1. The molecule has 0 bridgehead atoms. The van der Waals surface area contributed by atoms with E-state index in [1.54, 1.807) is 17.5 Å². The van der Waals surface area contributed by atoms with Crippen LogP contribution in [0.5, 0.6) is 0 Å². The Morgan fingerprint density at radius 2 is 2.47 bits per heavy atom. The topological polar surface area (TPSA) is 71.5 Å². The Hall–Kier alpha value is -1.47. The number of hydrogen-bond acceptors (Lipinski definition) is 5. The standard InChI is InChI=1S/C12H17N3O3S/c1-8-12(19-7-13-8)14-11(17)9-5-10(16)15(6-9)3-4-18-2/h7,9H,3-6H2,1-2H3,(H,14,17). The Balaban J connectivity index is 1.91. The normalized spacial score (nSPS) is 18.9. The van der Waals surface area contributed by atoms with Gasteiger partial charge in [-0.2, -0.15) is 0 Å². The second kappa shape index (κ2) is 6.12. The smallest absolute Gasteiger partial charge is 0.230 e. The Labute approximate surface area is 115 Å². The van der Waals surface area contributed by atoms with E-state index in [9.17, 15) is 9.59 Å². The van der Waals surface area contributed by atoms with Crippen molar-refractivity contribution in [3.05, 3.63) is 11.2 Å². The average molecular weight is 283 g/mol. The number of thiazole rings is 1. The zero-order valence-corrected chi connectivity index (χ0v) is 11.8. The summed E-state index contributed by atoms with van der Waals surface area (Å²) in [5, 5.41) is 3.59. The van der Waals surface area contributed by atoms with Gasteiger partial charge in [-0.25, -0.2) is 4.98 Å². The summed E-state index contributed by atoms with van der Waals surface area (Å²) in [6.07, 6.45) is 0.271. The van der Waals surface area contributed by atoms with Crippen LogP contribution >= 0.6 is 11.3 Å². The van der Waals surface area contributed by atoms with E-state index in [2.05, 4.69) is 10.3 Å². The van der Waals surface area contributed by atoms with Crippen LogP contribution in [0.1, 0.15) is 12.1 Å². The number of ether oxygens (including phenoxy) is 1. The first-order valence-corrected chi connectivity index (χ1v) is 6.97. The van der Waals surface area contributed by atoms with E-state index in [1.807, 2.05) is 6.92 Å². The summed E-state index contributed by atoms with van der Waals surface area (Å²) in [5.41, 5.74) is 2.49. The minimum Gasteiger partial charge on any atom is -0.383 e. The first-order chi connectivity index (χ1) is 9.11. The number of carbonyl (C=O) groups is 2. The summed E-state index contributed by atoms with van der Waals surface area (Å²) in [6.45, 7) is 3.34. The van der Waals surface area contributed by atoms with Crippen molar-refractivity contribution >= 4 is 28.2 Å². The van der Waals surface area contributed by atoms with Gasteiger partial charge in [0.25, 0.3) is 0 Å². The second-order valence-electron chi connectivity index (χ2n) is 4.49. The molecule has 0 saturated carbocycles. The molecule has 2 amide bonds. The number of nitrogens with zero attached hydrogens (tertiary/aromatic N) is 2. The summed E-state index contributed by atoms with van der Waals surface area (Å²) >= 11 is 1.39. The Kier molecular flexibility index (Phi) is 4.49. The highest BCUT2D eigenvalue weighted by molar-refractivity contribution is 7.14. The van der Waals surface area contributed by atoms with Gasteiger partial charge in [0.2, 0.25) is 11.8 Å². The van der Waals surface area contributed by atoms with E-state index >= 15 is 0 Å². The van der Waals surface area contributed by atoms with Crippen molar-refractivity contribution in [2.24, 2.45) is 5.92 Å². The van der Waals surface area contributed by atoms with Crippen molar-refractivity contribution in [2.45, 2.75) is 13.3 Å². The zero-order chi connectivity index (χ0) is 13.8. The molecule has 0 radical (unpaired) electrons. The minimum absolute atomic E-state index is 0.0122. The lowest BCUT2D eigenvalue weighted by Crippen LogP contribution is -2.30. The van der Waals surface area contributed by atoms with Gasteiger partial charge in [-0.15, -0.1) is 11.3 Å². The molecular formula is C12H17N3O3S. The second-order valence-corrected chi connectivity index (χ2v) is 5.34. The maximum Gasteiger partial charge on any atom is 0.230 e. The Morgan fingerprint density at radius 3 is 3.11 bits per heavy atom. The number of anilines is 1. The number of aryl methyl sites for hydroxylation is 1. The molecule has 1 aliphatic heterocycles. The monoisotopic (exact) mass is 283 g/mol. The average Bonchev–Trinajstić information content (AvgIpc) is 2.94. The molecule has 1 fully saturated rings. The van der Waals surface area contributed by atoms with Crippen LogP contribution < -0.4 is 5.32 Å². The number of aromatic nitrogens is 1. The molecule has 1 atom stereocenters. The van der Waals surface area contributed by atoms with Crippen molar-refractivity contribution in [2.75, 3.05) is 32.1 Å². The van der Waals surface area contributed by atoms with Crippen LogP contribution in [0, 0.1) is 12.8 Å². The lowest BCUT2D eigenvalue weighted by Gasteiger charge is -2.15. The van der Waals surface area contributed by atoms with Gasteiger partial charge >= 0.3 is 0 Å². The molecule has 0 aliphatic carbocycles. The van der Waals surface area contributed by atoms with Crippen molar-refractivity contribution < 1.29 is 14.3 Å². The molecule has 0 spiro atoms. The zero-order valence-electron chi connectivity index (χ0n) is 11.0. The lowest BCUT2D eigenvalue weighted by molar-refractivity contribution is -0.128. The Morgan fingerprint density at radius 1 is 1.68 bits per heavy atom. The lowest BCUT2D eigenvalue weighted by atomic mass is 10.1. The molecule has 1 aromatic rings. The molecule has 7 heteroatoms. The maximum absolute atomic E-state index is 12.1. The van der Waals surface area contributed by atoms with E-state index in [0.29, 0.717) is 19.7 Å². The van der Waals surface area contributed by atoms with Gasteiger partial charge in [-0.1, -0.05) is 0 Å². The molecule has 104 valence electrons. The van der Waals surface area contributed by atoms with E-state index in [1.165, 1.54) is 11.3 Å². The fourth-order valence-electron chi connectivity index (χ4n) is 2.00. The van der Waals surface area contributed by atoms with Crippen molar-refractivity contribution in [1.82, 2.24) is 9.88 Å². The van der Waals surface area contributed by atoms with Gasteiger partial charge < -0.3 is 15.0 Å². The number of nitrogens with one attached hydrogen (secondary N) is 1. The fourth-order valence-corrected chi connectivity index (χ4v) is 2.70. The molecule has 1 N–H and O–H groups in total. The molecule has 2 heterocycles. The predicted octanol–water partition coefficient (Wildman–Crippen LogP) is 0.885. The number of rotatable bonds is 5. The van der Waals surface area contributed by atoms with E-state index < -0.39 is 0 Å². The first kappa shape index (κ1) is 14.0. The number of amides is 2. The first-order valence-electron chi connectivity index (χ1n) is 6.09. The highest BCUT2D eigenvalue weighted by atomic mass is 32.1. The highest BCUT2D eigenvalue weighted by Gasteiger charge is 2.34. The molecule has 1 unspecified atom stereocenters. The minimum atomic E-state index is -0.286. The van der Waals surface area contributed by atoms with Gasteiger partial charge in [0, 0.05) is 26.6 Å². The molecular weight excluding hydrogens is 266 g/mol. The van der Waals surface area contributed by atoms with Gasteiger partial charge in [-0.3, -0.25) is 9.59 Å². The predicted molar refractivity (Wildman–Crippen MR) is 72.0 cm³/mol. The Bertz CT molecular complexity index is 475. The molecule has 2 rings (SSSR count). The molecule has 0 aromatic carbocycles. The van der Waals surface area contributed by atoms with Crippen LogP contribution in [0.2, 0.25) is 0 Å². The highest BCUT2D eigenvalue weighted by Crippen LogP contribution is 2.23. The van der Waals surface area contributed by atoms with Crippen molar-refractivity contribution in [3.63, 3.8) is 0 Å². The third-order valence-corrected chi connectivity index (χ3v) is 3.98. The summed E-state index contributed by atoms with van der Waals surface area (Å²) in [5.74, 6) is -0.385. The summed E-state index contributed by atoms with van der Waals surface area (Å²) in [7, 11) is 1.59. The van der Waals surface area contributed by atoms with Gasteiger partial charge in [-0.05, 0) is 6.92 Å². The molecule has 19 heavy (non-hydrogen) atoms. The summed E-state index contributed by atoms with van der Waals surface area (Å²) in [6, 6.07) is 0. The van der Waals surface area contributed by atoms with Gasteiger partial charge in [0.1, 0.15) is 5.00 Å². The van der Waals surface area contributed by atoms with E-state index in [-0.39, 0.29) is 24.2 Å². The van der Waals surface area contributed by atoms with Crippen LogP contribution in [0.15, 0.2) is 5.51 Å². The van der Waals surface area contributed by atoms with Crippen LogP contribution in [0.4, 0.5) is 5.00 Å².